The summed E-state index contributed by atoms with van der Waals surface area (Å²) in [5.74, 6) is -0.0798. The molecule has 0 saturated carbocycles. The number of benzene rings is 1. The first kappa shape index (κ1) is 13.1. The minimum Gasteiger partial charge on any atom is -0.282 e. The van der Waals surface area contributed by atoms with Crippen LogP contribution in [-0.2, 0) is 11.3 Å². The summed E-state index contributed by atoms with van der Waals surface area (Å²) >= 11 is 11.1. The second kappa shape index (κ2) is 5.26. The Labute approximate surface area is 126 Å². The molecule has 0 radical (unpaired) electrons. The van der Waals surface area contributed by atoms with Crippen LogP contribution in [0, 0.1) is 5.92 Å². The van der Waals surface area contributed by atoms with Gasteiger partial charge in [-0.25, -0.2) is 9.98 Å². The number of dihydropyridines is 1. The number of carbonyl (C=O) groups excluding carboxylic acids is 1. The van der Waals surface area contributed by atoms with E-state index >= 15 is 0 Å². The van der Waals surface area contributed by atoms with Crippen molar-refractivity contribution in [3.8, 4) is 0 Å². The van der Waals surface area contributed by atoms with Gasteiger partial charge in [0.15, 0.2) is 0 Å². The molecule has 0 saturated heterocycles. The highest BCUT2D eigenvalue weighted by molar-refractivity contribution is 7.80. The van der Waals surface area contributed by atoms with Crippen LogP contribution in [-0.4, -0.2) is 28.0 Å². The van der Waals surface area contributed by atoms with Crippen LogP contribution in [0.5, 0.6) is 0 Å². The molecule has 0 aliphatic carbocycles. The molecule has 0 aromatic heterocycles. The molecule has 2 heterocycles. The summed E-state index contributed by atoms with van der Waals surface area (Å²) in [5, 5.41) is 0.873. The topological polar surface area (TPSA) is 45.0 Å². The van der Waals surface area contributed by atoms with Gasteiger partial charge in [-0.15, -0.1) is 0 Å². The zero-order valence-corrected chi connectivity index (χ0v) is 11.9. The van der Waals surface area contributed by atoms with Crippen LogP contribution in [0.2, 0.25) is 5.02 Å². The Hall–Kier alpha value is -1.85. The number of rotatable bonds is 2. The summed E-state index contributed by atoms with van der Waals surface area (Å²) in [4.78, 5) is 22.3. The number of aliphatic imine (C=N–C) groups is 2. The van der Waals surface area contributed by atoms with Gasteiger partial charge in [-0.2, -0.15) is 0 Å². The zero-order valence-electron chi connectivity index (χ0n) is 10.4. The first-order valence-corrected chi connectivity index (χ1v) is 6.83. The minimum absolute atomic E-state index is 0.104. The van der Waals surface area contributed by atoms with Crippen LogP contribution >= 0.6 is 23.8 Å². The second-order valence-corrected chi connectivity index (χ2v) is 5.25. The van der Waals surface area contributed by atoms with E-state index in [1.807, 2.05) is 18.2 Å². The van der Waals surface area contributed by atoms with Crippen LogP contribution in [0.4, 0.5) is 0 Å². The SMILES string of the molecule is O=C1C2C=CC=NC2=NC(=S)N1Cc1cccc(Cl)c1. The third-order valence-electron chi connectivity index (χ3n) is 3.08. The van der Waals surface area contributed by atoms with Crippen molar-refractivity contribution >= 4 is 46.9 Å². The maximum absolute atomic E-state index is 12.5. The summed E-state index contributed by atoms with van der Waals surface area (Å²) in [6, 6.07) is 7.34. The molecule has 2 aliphatic heterocycles. The van der Waals surface area contributed by atoms with E-state index in [-0.39, 0.29) is 11.0 Å². The molecule has 1 aromatic carbocycles. The Balaban J connectivity index is 1.89. The lowest BCUT2D eigenvalue weighted by molar-refractivity contribution is -0.129. The first-order chi connectivity index (χ1) is 9.65. The number of hydrogen-bond acceptors (Lipinski definition) is 3. The number of amidine groups is 1. The Morgan fingerprint density at radius 1 is 1.40 bits per heavy atom. The maximum atomic E-state index is 12.5. The van der Waals surface area contributed by atoms with Crippen molar-refractivity contribution < 1.29 is 4.79 Å². The minimum atomic E-state index is -0.439. The number of nitrogens with zero attached hydrogens (tertiary/aromatic N) is 3. The summed E-state index contributed by atoms with van der Waals surface area (Å²) in [7, 11) is 0. The molecular formula is C14H10ClN3OS. The van der Waals surface area contributed by atoms with Crippen LogP contribution in [0.3, 0.4) is 0 Å². The molecule has 2 aliphatic rings. The van der Waals surface area contributed by atoms with Crippen LogP contribution in [0.1, 0.15) is 5.56 Å². The number of hydrogen-bond donors (Lipinski definition) is 0. The molecule has 1 unspecified atom stereocenters. The lowest BCUT2D eigenvalue weighted by atomic mass is 10.0. The maximum Gasteiger partial charge on any atom is 0.243 e. The van der Waals surface area contributed by atoms with Gasteiger partial charge in [0.05, 0.1) is 6.54 Å². The van der Waals surface area contributed by atoms with Gasteiger partial charge < -0.3 is 0 Å². The number of thiocarbonyl (C=S) groups is 1. The van der Waals surface area contributed by atoms with Crippen molar-refractivity contribution in [2.45, 2.75) is 6.54 Å². The summed E-state index contributed by atoms with van der Waals surface area (Å²) < 4.78 is 0. The van der Waals surface area contributed by atoms with Crippen LogP contribution < -0.4 is 0 Å². The number of allylic oxidation sites excluding steroid dienone is 1. The Morgan fingerprint density at radius 3 is 3.05 bits per heavy atom. The van der Waals surface area contributed by atoms with Gasteiger partial charge in [-0.3, -0.25) is 9.69 Å². The summed E-state index contributed by atoms with van der Waals surface area (Å²) in [5.41, 5.74) is 0.912. The fourth-order valence-corrected chi connectivity index (χ4v) is 2.58. The quantitative estimate of drug-likeness (QED) is 0.788. The third-order valence-corrected chi connectivity index (χ3v) is 3.62. The summed E-state index contributed by atoms with van der Waals surface area (Å²) in [6.07, 6.45) is 5.13. The molecular weight excluding hydrogens is 294 g/mol. The molecule has 1 atom stereocenters. The van der Waals surface area contributed by atoms with E-state index in [1.54, 1.807) is 24.4 Å². The van der Waals surface area contributed by atoms with Crippen molar-refractivity contribution in [2.75, 3.05) is 0 Å². The van der Waals surface area contributed by atoms with Crippen molar-refractivity contribution in [2.24, 2.45) is 15.9 Å². The molecule has 0 spiro atoms. The standard InChI is InChI=1S/C14H10ClN3OS/c15-10-4-1-3-9(7-10)8-18-13(19)11-5-2-6-16-12(11)17-14(18)20/h1-7,11H,8H2. The third kappa shape index (κ3) is 2.42. The van der Waals surface area contributed by atoms with Gasteiger partial charge in [0.2, 0.25) is 11.0 Å². The van der Waals surface area contributed by atoms with Gasteiger partial charge >= 0.3 is 0 Å². The highest BCUT2D eigenvalue weighted by atomic mass is 35.5. The average Bonchev–Trinajstić information content (AvgIpc) is 2.43. The van der Waals surface area contributed by atoms with Crippen molar-refractivity contribution in [1.82, 2.24) is 4.90 Å². The lowest BCUT2D eigenvalue weighted by Crippen LogP contribution is -2.45. The molecule has 20 heavy (non-hydrogen) atoms. The number of fused-ring (bicyclic) bond motifs is 1. The Bertz CT molecular complexity index is 681. The number of carbonyl (C=O) groups is 1. The van der Waals surface area contributed by atoms with E-state index in [0.717, 1.165) is 5.56 Å². The molecule has 0 bridgehead atoms. The van der Waals surface area contributed by atoms with E-state index in [9.17, 15) is 4.79 Å². The molecule has 0 N–H and O–H groups in total. The zero-order chi connectivity index (χ0) is 14.1. The van der Waals surface area contributed by atoms with E-state index in [2.05, 4.69) is 9.98 Å². The monoisotopic (exact) mass is 303 g/mol. The first-order valence-electron chi connectivity index (χ1n) is 6.04. The van der Waals surface area contributed by atoms with E-state index < -0.39 is 5.92 Å². The molecule has 6 heteroatoms. The molecule has 100 valence electrons. The number of amides is 1. The van der Waals surface area contributed by atoms with E-state index in [0.29, 0.717) is 17.4 Å². The molecule has 1 amide bonds. The largest absolute Gasteiger partial charge is 0.282 e. The van der Waals surface area contributed by atoms with Gasteiger partial charge in [0.25, 0.3) is 0 Å². The van der Waals surface area contributed by atoms with Gasteiger partial charge in [-0.1, -0.05) is 29.8 Å². The van der Waals surface area contributed by atoms with Gasteiger partial charge in [0, 0.05) is 11.2 Å². The van der Waals surface area contributed by atoms with Gasteiger partial charge in [-0.05, 0) is 36.0 Å². The van der Waals surface area contributed by atoms with E-state index in [4.69, 9.17) is 23.8 Å². The number of halogens is 1. The van der Waals surface area contributed by atoms with Crippen molar-refractivity contribution in [1.29, 1.82) is 0 Å². The predicted octanol–water partition coefficient (Wildman–Crippen LogP) is 2.62. The molecule has 3 rings (SSSR count). The molecule has 0 fully saturated rings. The van der Waals surface area contributed by atoms with Crippen LogP contribution in [0.15, 0.2) is 46.4 Å². The van der Waals surface area contributed by atoms with E-state index in [1.165, 1.54) is 4.90 Å². The second-order valence-electron chi connectivity index (χ2n) is 4.45. The predicted molar refractivity (Wildman–Crippen MR) is 83.2 cm³/mol. The molecule has 1 aromatic rings. The Morgan fingerprint density at radius 2 is 2.25 bits per heavy atom. The van der Waals surface area contributed by atoms with Crippen LogP contribution in [0.25, 0.3) is 0 Å². The lowest BCUT2D eigenvalue weighted by Gasteiger charge is -2.29. The fourth-order valence-electron chi connectivity index (χ4n) is 2.12. The van der Waals surface area contributed by atoms with Gasteiger partial charge in [0.1, 0.15) is 11.8 Å². The highest BCUT2D eigenvalue weighted by Crippen LogP contribution is 2.21. The smallest absolute Gasteiger partial charge is 0.243 e. The Kier molecular flexibility index (Phi) is 3.46. The average molecular weight is 304 g/mol. The molecule has 4 nitrogen and oxygen atoms in total. The van der Waals surface area contributed by atoms with Crippen molar-refractivity contribution in [3.05, 3.63) is 47.0 Å². The highest BCUT2D eigenvalue weighted by Gasteiger charge is 2.34. The summed E-state index contributed by atoms with van der Waals surface area (Å²) in [6.45, 7) is 0.364. The fraction of sp³-hybridized carbons (Fsp3) is 0.143. The normalized spacial score (nSPS) is 20.9. The van der Waals surface area contributed by atoms with Crippen molar-refractivity contribution in [3.63, 3.8) is 0 Å².